The van der Waals surface area contributed by atoms with E-state index in [2.05, 4.69) is 29.1 Å². The quantitative estimate of drug-likeness (QED) is 0.615. The Morgan fingerprint density at radius 1 is 1.58 bits per heavy atom. The SMILES string of the molecule is CC#CCCNC(=O)c1sc(N(C)CCC)nc1N. The third-order valence-electron chi connectivity index (χ3n) is 2.45. The Morgan fingerprint density at radius 3 is 2.95 bits per heavy atom. The van der Waals surface area contributed by atoms with Gasteiger partial charge in [0.15, 0.2) is 5.13 Å². The minimum atomic E-state index is -0.177. The van der Waals surface area contributed by atoms with Crippen molar-refractivity contribution in [2.24, 2.45) is 0 Å². The van der Waals surface area contributed by atoms with Crippen LogP contribution in [0.4, 0.5) is 10.9 Å². The van der Waals surface area contributed by atoms with Gasteiger partial charge in [-0.25, -0.2) is 4.98 Å². The molecule has 1 rings (SSSR count). The fourth-order valence-electron chi connectivity index (χ4n) is 1.52. The maximum absolute atomic E-state index is 11.9. The standard InChI is InChI=1S/C13H20N4OS/c1-4-6-7-8-15-12(18)10-11(14)16-13(19-10)17(3)9-5-2/h5,7-9,14H2,1-3H3,(H,15,18). The highest BCUT2D eigenvalue weighted by Gasteiger charge is 2.17. The average molecular weight is 280 g/mol. The van der Waals surface area contributed by atoms with Crippen molar-refractivity contribution >= 4 is 28.2 Å². The van der Waals surface area contributed by atoms with E-state index in [-0.39, 0.29) is 5.91 Å². The number of thiazole rings is 1. The number of amides is 1. The number of hydrogen-bond acceptors (Lipinski definition) is 5. The number of nitrogens with one attached hydrogen (secondary N) is 1. The highest BCUT2D eigenvalue weighted by Crippen LogP contribution is 2.27. The number of nitrogens with zero attached hydrogens (tertiary/aromatic N) is 2. The Labute approximate surface area is 118 Å². The van der Waals surface area contributed by atoms with Gasteiger partial charge in [-0.3, -0.25) is 4.79 Å². The Bertz CT molecular complexity index is 487. The van der Waals surface area contributed by atoms with Crippen molar-refractivity contribution in [3.05, 3.63) is 4.88 Å². The summed E-state index contributed by atoms with van der Waals surface area (Å²) in [6.45, 7) is 5.28. The zero-order chi connectivity index (χ0) is 14.3. The lowest BCUT2D eigenvalue weighted by Crippen LogP contribution is -2.24. The number of carbonyl (C=O) groups excluding carboxylic acids is 1. The highest BCUT2D eigenvalue weighted by atomic mass is 32.1. The van der Waals surface area contributed by atoms with Gasteiger partial charge in [-0.05, 0) is 13.3 Å². The van der Waals surface area contributed by atoms with Crippen molar-refractivity contribution in [2.75, 3.05) is 30.8 Å². The van der Waals surface area contributed by atoms with Gasteiger partial charge < -0.3 is 16.0 Å². The number of rotatable bonds is 6. The molecule has 0 bridgehead atoms. The lowest BCUT2D eigenvalue weighted by atomic mass is 10.4. The Balaban J connectivity index is 2.66. The molecule has 1 amide bonds. The number of aromatic nitrogens is 1. The van der Waals surface area contributed by atoms with Crippen LogP contribution in [0.25, 0.3) is 0 Å². The minimum Gasteiger partial charge on any atom is -0.382 e. The Morgan fingerprint density at radius 2 is 2.32 bits per heavy atom. The van der Waals surface area contributed by atoms with Crippen molar-refractivity contribution in [1.29, 1.82) is 0 Å². The molecule has 6 heteroatoms. The highest BCUT2D eigenvalue weighted by molar-refractivity contribution is 7.18. The molecule has 0 aliphatic carbocycles. The van der Waals surface area contributed by atoms with Crippen molar-refractivity contribution in [2.45, 2.75) is 26.7 Å². The number of hydrogen-bond donors (Lipinski definition) is 2. The molecule has 3 N–H and O–H groups in total. The van der Waals surface area contributed by atoms with Crippen LogP contribution < -0.4 is 16.0 Å². The van der Waals surface area contributed by atoms with Gasteiger partial charge in [0, 0.05) is 26.6 Å². The molecule has 0 radical (unpaired) electrons. The fourth-order valence-corrected chi connectivity index (χ4v) is 2.41. The molecule has 0 saturated heterocycles. The largest absolute Gasteiger partial charge is 0.382 e. The van der Waals surface area contributed by atoms with Gasteiger partial charge in [0.2, 0.25) is 0 Å². The lowest BCUT2D eigenvalue weighted by molar-refractivity contribution is 0.0959. The predicted octanol–water partition coefficient (Wildman–Crippen LogP) is 1.71. The number of carbonyl (C=O) groups is 1. The van der Waals surface area contributed by atoms with Crippen LogP contribution in [0.5, 0.6) is 0 Å². The van der Waals surface area contributed by atoms with Gasteiger partial charge in [-0.1, -0.05) is 18.3 Å². The molecule has 5 nitrogen and oxygen atoms in total. The van der Waals surface area contributed by atoms with Gasteiger partial charge in [0.1, 0.15) is 10.7 Å². The second-order valence-electron chi connectivity index (χ2n) is 4.07. The van der Waals surface area contributed by atoms with Crippen LogP contribution in [0.15, 0.2) is 0 Å². The molecule has 0 saturated carbocycles. The molecular weight excluding hydrogens is 260 g/mol. The second kappa shape index (κ2) is 7.64. The molecule has 0 spiro atoms. The first-order chi connectivity index (χ1) is 9.10. The topological polar surface area (TPSA) is 71.2 Å². The first-order valence-electron chi connectivity index (χ1n) is 6.25. The van der Waals surface area contributed by atoms with Crippen LogP contribution in [0.3, 0.4) is 0 Å². The summed E-state index contributed by atoms with van der Waals surface area (Å²) in [6, 6.07) is 0. The van der Waals surface area contributed by atoms with E-state index in [0.717, 1.165) is 18.1 Å². The third kappa shape index (κ3) is 4.45. The molecular formula is C13H20N4OS. The zero-order valence-corrected chi connectivity index (χ0v) is 12.4. The van der Waals surface area contributed by atoms with E-state index in [0.29, 0.717) is 23.7 Å². The maximum Gasteiger partial charge on any atom is 0.265 e. The molecule has 1 aromatic rings. The van der Waals surface area contributed by atoms with Gasteiger partial charge in [0.05, 0.1) is 0 Å². The number of nitrogen functional groups attached to an aromatic ring is 1. The Hall–Kier alpha value is -1.74. The molecule has 0 unspecified atom stereocenters. The van der Waals surface area contributed by atoms with Crippen molar-refractivity contribution < 1.29 is 4.79 Å². The smallest absolute Gasteiger partial charge is 0.265 e. The first kappa shape index (κ1) is 15.3. The number of anilines is 2. The van der Waals surface area contributed by atoms with Crippen LogP contribution in [-0.2, 0) is 0 Å². The normalized spacial score (nSPS) is 9.63. The van der Waals surface area contributed by atoms with E-state index in [1.165, 1.54) is 11.3 Å². The van der Waals surface area contributed by atoms with E-state index in [4.69, 9.17) is 5.73 Å². The fraction of sp³-hybridized carbons (Fsp3) is 0.538. The summed E-state index contributed by atoms with van der Waals surface area (Å²) in [5, 5.41) is 3.57. The molecule has 1 heterocycles. The summed E-state index contributed by atoms with van der Waals surface area (Å²) >= 11 is 1.32. The molecule has 0 aliphatic rings. The summed E-state index contributed by atoms with van der Waals surface area (Å²) in [4.78, 5) is 18.6. The second-order valence-corrected chi connectivity index (χ2v) is 5.04. The third-order valence-corrected chi connectivity index (χ3v) is 3.63. The van der Waals surface area contributed by atoms with E-state index in [9.17, 15) is 4.79 Å². The summed E-state index contributed by atoms with van der Waals surface area (Å²) < 4.78 is 0. The van der Waals surface area contributed by atoms with Gasteiger partial charge in [-0.2, -0.15) is 0 Å². The van der Waals surface area contributed by atoms with E-state index >= 15 is 0 Å². The van der Waals surface area contributed by atoms with Gasteiger partial charge in [0.25, 0.3) is 5.91 Å². The molecule has 0 atom stereocenters. The van der Waals surface area contributed by atoms with Gasteiger partial charge >= 0.3 is 0 Å². The van der Waals surface area contributed by atoms with Crippen molar-refractivity contribution in [3.8, 4) is 11.8 Å². The predicted molar refractivity (Wildman–Crippen MR) is 80.5 cm³/mol. The van der Waals surface area contributed by atoms with E-state index < -0.39 is 0 Å². The molecule has 1 aromatic heterocycles. The van der Waals surface area contributed by atoms with Gasteiger partial charge in [-0.15, -0.1) is 11.8 Å². The lowest BCUT2D eigenvalue weighted by Gasteiger charge is -2.13. The monoisotopic (exact) mass is 280 g/mol. The van der Waals surface area contributed by atoms with Crippen LogP contribution in [0, 0.1) is 11.8 Å². The minimum absolute atomic E-state index is 0.177. The van der Waals surface area contributed by atoms with Crippen molar-refractivity contribution in [1.82, 2.24) is 10.3 Å². The average Bonchev–Trinajstić information content (AvgIpc) is 2.77. The van der Waals surface area contributed by atoms with Crippen molar-refractivity contribution in [3.63, 3.8) is 0 Å². The van der Waals surface area contributed by atoms with E-state index in [1.54, 1.807) is 6.92 Å². The maximum atomic E-state index is 11.9. The van der Waals surface area contributed by atoms with Crippen LogP contribution in [0.2, 0.25) is 0 Å². The molecule has 0 aromatic carbocycles. The zero-order valence-electron chi connectivity index (χ0n) is 11.6. The molecule has 19 heavy (non-hydrogen) atoms. The van der Waals surface area contributed by atoms with Crippen LogP contribution in [0.1, 0.15) is 36.4 Å². The number of nitrogens with two attached hydrogens (primary N) is 1. The molecule has 0 fully saturated rings. The first-order valence-corrected chi connectivity index (χ1v) is 7.07. The summed E-state index contributed by atoms with van der Waals surface area (Å²) in [5.74, 6) is 5.79. The summed E-state index contributed by atoms with van der Waals surface area (Å²) in [7, 11) is 1.94. The Kier molecular flexibility index (Phi) is 6.16. The molecule has 0 aliphatic heterocycles. The summed E-state index contributed by atoms with van der Waals surface area (Å²) in [6.07, 6.45) is 1.66. The summed E-state index contributed by atoms with van der Waals surface area (Å²) in [5.41, 5.74) is 5.79. The van der Waals surface area contributed by atoms with Crippen LogP contribution in [-0.4, -0.2) is 31.0 Å². The van der Waals surface area contributed by atoms with Crippen LogP contribution >= 0.6 is 11.3 Å². The van der Waals surface area contributed by atoms with E-state index in [1.807, 2.05) is 11.9 Å². The molecule has 104 valence electrons.